The predicted octanol–water partition coefficient (Wildman–Crippen LogP) is 3.35. The van der Waals surface area contributed by atoms with Gasteiger partial charge in [-0.1, -0.05) is 23.3 Å². The fourth-order valence-electron chi connectivity index (χ4n) is 3.84. The lowest BCUT2D eigenvalue weighted by Gasteiger charge is -2.26. The van der Waals surface area contributed by atoms with Gasteiger partial charge >= 0.3 is 6.03 Å². The third-order valence-electron chi connectivity index (χ3n) is 5.43. The van der Waals surface area contributed by atoms with Crippen LogP contribution in [0, 0.1) is 0 Å². The molecule has 0 bridgehead atoms. The number of hydrogen-bond acceptors (Lipinski definition) is 5. The van der Waals surface area contributed by atoms with E-state index in [1.807, 2.05) is 13.0 Å². The molecule has 1 unspecified atom stereocenters. The minimum absolute atomic E-state index is 0.0311. The quantitative estimate of drug-likeness (QED) is 0.433. The van der Waals surface area contributed by atoms with E-state index in [1.54, 1.807) is 0 Å². The number of phenolic OH excluding ortho intramolecular Hbond substituents is 1. The fraction of sp³-hybridized carbons (Fsp3) is 0.526. The first-order valence-corrected chi connectivity index (χ1v) is 11.3. The Labute approximate surface area is 169 Å². The largest absolute Gasteiger partial charge is 0.504 e. The molecule has 1 aromatic rings. The van der Waals surface area contributed by atoms with Gasteiger partial charge in [-0.2, -0.15) is 0 Å². The van der Waals surface area contributed by atoms with Crippen LogP contribution >= 0.6 is 11.6 Å². The Hall–Kier alpha value is -1.77. The van der Waals surface area contributed by atoms with E-state index in [0.717, 1.165) is 18.4 Å². The lowest BCUT2D eigenvalue weighted by atomic mass is 9.97. The van der Waals surface area contributed by atoms with Gasteiger partial charge in [-0.25, -0.2) is 13.2 Å². The number of nitrogens with one attached hydrogen (secondary N) is 2. The number of carbonyl (C=O) groups is 1. The highest BCUT2D eigenvalue weighted by Gasteiger charge is 2.36. The minimum atomic E-state index is -3.97. The molecule has 7 nitrogen and oxygen atoms in total. The number of rotatable bonds is 4. The molecule has 2 amide bonds. The monoisotopic (exact) mass is 428 g/mol. The van der Waals surface area contributed by atoms with Crippen molar-refractivity contribution >= 4 is 33.2 Å². The van der Waals surface area contributed by atoms with Crippen LogP contribution in [0.4, 0.5) is 10.5 Å². The predicted molar refractivity (Wildman–Crippen MR) is 107 cm³/mol. The van der Waals surface area contributed by atoms with Gasteiger partial charge in [-0.05, 0) is 57.6 Å². The van der Waals surface area contributed by atoms with E-state index >= 15 is 0 Å². The zero-order chi connectivity index (χ0) is 20.5. The molecule has 3 rings (SSSR count). The standard InChI is InChI=1S/C19H25ClN2O5S/c1-11-4-2-7-15(11)21-19(25)22-16-9-8-14(20)18(17(16)24)28(26,27)13-6-3-5-12(23)10-13/h4,8-9,12-13,15,23-24H,2-3,5-7,10H2,1H3,(H2,21,22,25)/t12-,13?,15+/m0/s1. The van der Waals surface area contributed by atoms with Gasteiger partial charge in [0.1, 0.15) is 4.90 Å². The number of allylic oxidation sites excluding steroid dienone is 1. The zero-order valence-corrected chi connectivity index (χ0v) is 17.2. The van der Waals surface area contributed by atoms with E-state index in [1.165, 1.54) is 12.1 Å². The van der Waals surface area contributed by atoms with Gasteiger partial charge in [-0.15, -0.1) is 0 Å². The number of aromatic hydroxyl groups is 1. The van der Waals surface area contributed by atoms with Crippen molar-refractivity contribution in [2.45, 2.75) is 67.7 Å². The molecule has 0 aromatic heterocycles. The highest BCUT2D eigenvalue weighted by Crippen LogP contribution is 2.41. The third kappa shape index (κ3) is 4.29. The molecule has 1 fully saturated rings. The first-order valence-electron chi connectivity index (χ1n) is 9.37. The Kier molecular flexibility index (Phi) is 6.21. The maximum Gasteiger partial charge on any atom is 0.319 e. The molecule has 28 heavy (non-hydrogen) atoms. The van der Waals surface area contributed by atoms with Gasteiger partial charge in [0.2, 0.25) is 0 Å². The first kappa shape index (κ1) is 21.0. The Bertz CT molecular complexity index is 900. The SMILES string of the molecule is CC1=CCC[C@H]1NC(=O)Nc1ccc(Cl)c(S(=O)(=O)C2CCC[C@H](O)C2)c1O. The molecule has 0 spiro atoms. The van der Waals surface area contributed by atoms with Crippen molar-refractivity contribution in [3.8, 4) is 5.75 Å². The smallest absolute Gasteiger partial charge is 0.319 e. The third-order valence-corrected chi connectivity index (χ3v) is 8.15. The van der Waals surface area contributed by atoms with E-state index in [0.29, 0.717) is 19.3 Å². The van der Waals surface area contributed by atoms with Crippen LogP contribution < -0.4 is 10.6 Å². The number of phenols is 1. The Morgan fingerprint density at radius 3 is 2.64 bits per heavy atom. The van der Waals surface area contributed by atoms with Crippen molar-refractivity contribution in [3.05, 3.63) is 28.8 Å². The number of halogens is 1. The highest BCUT2D eigenvalue weighted by atomic mass is 35.5. The van der Waals surface area contributed by atoms with E-state index in [2.05, 4.69) is 10.6 Å². The summed E-state index contributed by atoms with van der Waals surface area (Å²) >= 11 is 6.10. The van der Waals surface area contributed by atoms with Crippen LogP contribution in [-0.2, 0) is 9.84 Å². The molecule has 9 heteroatoms. The van der Waals surface area contributed by atoms with Crippen LogP contribution in [0.25, 0.3) is 0 Å². The average molecular weight is 429 g/mol. The van der Waals surface area contributed by atoms with Crippen molar-refractivity contribution < 1.29 is 23.4 Å². The van der Waals surface area contributed by atoms with E-state index in [9.17, 15) is 23.4 Å². The Balaban J connectivity index is 1.83. The number of aliphatic hydroxyl groups excluding tert-OH is 1. The summed E-state index contributed by atoms with van der Waals surface area (Å²) in [7, 11) is -3.97. The van der Waals surface area contributed by atoms with Gasteiger partial charge in [0.25, 0.3) is 0 Å². The number of carbonyl (C=O) groups excluding carboxylic acids is 1. The number of anilines is 1. The summed E-state index contributed by atoms with van der Waals surface area (Å²) in [6.45, 7) is 1.93. The molecule has 2 aliphatic rings. The molecular formula is C19H25ClN2O5S. The van der Waals surface area contributed by atoms with Crippen molar-refractivity contribution in [2.24, 2.45) is 0 Å². The van der Waals surface area contributed by atoms with E-state index < -0.39 is 37.9 Å². The van der Waals surface area contributed by atoms with Crippen LogP contribution in [0.15, 0.2) is 28.7 Å². The number of aliphatic hydroxyl groups is 1. The molecule has 2 aliphatic carbocycles. The summed E-state index contributed by atoms with van der Waals surface area (Å²) in [4.78, 5) is 11.9. The second-order valence-corrected chi connectivity index (χ2v) is 10.0. The minimum Gasteiger partial charge on any atom is -0.504 e. The molecule has 0 heterocycles. The molecule has 0 saturated heterocycles. The van der Waals surface area contributed by atoms with Crippen molar-refractivity contribution in [2.75, 3.05) is 5.32 Å². The zero-order valence-electron chi connectivity index (χ0n) is 15.6. The van der Waals surface area contributed by atoms with Gasteiger partial charge in [-0.3, -0.25) is 0 Å². The molecule has 3 atom stereocenters. The molecular weight excluding hydrogens is 404 g/mol. The second kappa shape index (κ2) is 8.31. The molecule has 4 N–H and O–H groups in total. The maximum absolute atomic E-state index is 13.0. The molecule has 0 radical (unpaired) electrons. The van der Waals surface area contributed by atoms with E-state index in [-0.39, 0.29) is 23.2 Å². The summed E-state index contributed by atoms with van der Waals surface area (Å²) in [6, 6.07) is 2.09. The molecule has 1 saturated carbocycles. The number of amides is 2. The number of urea groups is 1. The van der Waals surface area contributed by atoms with Crippen molar-refractivity contribution in [1.29, 1.82) is 0 Å². The van der Waals surface area contributed by atoms with Crippen LogP contribution in [0.2, 0.25) is 5.02 Å². The van der Waals surface area contributed by atoms with Crippen LogP contribution in [-0.4, -0.2) is 42.1 Å². The topological polar surface area (TPSA) is 116 Å². The maximum atomic E-state index is 13.0. The molecule has 1 aromatic carbocycles. The van der Waals surface area contributed by atoms with E-state index in [4.69, 9.17) is 11.6 Å². The molecule has 154 valence electrons. The number of sulfone groups is 1. The van der Waals surface area contributed by atoms with Gasteiger partial charge in [0.05, 0.1) is 28.1 Å². The van der Waals surface area contributed by atoms with Gasteiger partial charge in [0, 0.05) is 0 Å². The van der Waals surface area contributed by atoms with Crippen LogP contribution in [0.1, 0.15) is 45.4 Å². The summed E-state index contributed by atoms with van der Waals surface area (Å²) in [5.41, 5.74) is 1.03. The first-order chi connectivity index (χ1) is 13.2. The van der Waals surface area contributed by atoms with Crippen LogP contribution in [0.5, 0.6) is 5.75 Å². The Morgan fingerprint density at radius 2 is 2.00 bits per heavy atom. The lowest BCUT2D eigenvalue weighted by Crippen LogP contribution is -2.37. The average Bonchev–Trinajstić information content (AvgIpc) is 3.02. The van der Waals surface area contributed by atoms with Crippen LogP contribution in [0.3, 0.4) is 0 Å². The Morgan fingerprint density at radius 1 is 1.25 bits per heavy atom. The number of hydrogen-bond donors (Lipinski definition) is 4. The molecule has 0 aliphatic heterocycles. The van der Waals surface area contributed by atoms with Crippen molar-refractivity contribution in [1.82, 2.24) is 5.32 Å². The summed E-state index contributed by atoms with van der Waals surface area (Å²) in [6.07, 6.45) is 4.68. The lowest BCUT2D eigenvalue weighted by molar-refractivity contribution is 0.131. The van der Waals surface area contributed by atoms with Gasteiger partial charge in [0.15, 0.2) is 15.6 Å². The highest BCUT2D eigenvalue weighted by molar-refractivity contribution is 7.92. The van der Waals surface area contributed by atoms with Gasteiger partial charge < -0.3 is 20.8 Å². The van der Waals surface area contributed by atoms with Crippen molar-refractivity contribution in [3.63, 3.8) is 0 Å². The normalized spacial score (nSPS) is 25.2. The fourth-order valence-corrected chi connectivity index (χ4v) is 6.32. The second-order valence-electron chi connectivity index (χ2n) is 7.44. The summed E-state index contributed by atoms with van der Waals surface area (Å²) in [5, 5.41) is 24.8. The number of benzene rings is 1. The summed E-state index contributed by atoms with van der Waals surface area (Å²) in [5.74, 6) is -0.582. The summed E-state index contributed by atoms with van der Waals surface area (Å²) < 4.78 is 26.1.